The van der Waals surface area contributed by atoms with Gasteiger partial charge in [0.05, 0.1) is 0 Å². The fraction of sp³-hybridized carbons (Fsp3) is 0.625. The standard InChI is InChI=1S/C16H25FN2/c1-5-13-10-18-16(4,6-2)11-19(13)15-9-7-8-14(17)12(15)3/h7-9,13,18H,5-6,10-11H2,1-4H3. The molecule has 2 unspecified atom stereocenters. The normalized spacial score (nSPS) is 27.6. The quantitative estimate of drug-likeness (QED) is 0.899. The van der Waals surface area contributed by atoms with Crippen molar-refractivity contribution in [1.82, 2.24) is 5.32 Å². The summed E-state index contributed by atoms with van der Waals surface area (Å²) in [5, 5.41) is 3.64. The predicted octanol–water partition coefficient (Wildman–Crippen LogP) is 3.49. The van der Waals surface area contributed by atoms with Crippen molar-refractivity contribution in [2.45, 2.75) is 52.1 Å². The van der Waals surface area contributed by atoms with Gasteiger partial charge in [0.25, 0.3) is 0 Å². The first-order valence-corrected chi connectivity index (χ1v) is 7.27. The molecule has 1 N–H and O–H groups in total. The molecule has 19 heavy (non-hydrogen) atoms. The van der Waals surface area contributed by atoms with E-state index in [2.05, 4.69) is 31.0 Å². The Morgan fingerprint density at radius 2 is 2.16 bits per heavy atom. The molecule has 0 spiro atoms. The Labute approximate surface area is 116 Å². The lowest BCUT2D eigenvalue weighted by atomic mass is 9.92. The monoisotopic (exact) mass is 264 g/mol. The molecule has 0 aliphatic carbocycles. The van der Waals surface area contributed by atoms with Crippen LogP contribution in [-0.2, 0) is 0 Å². The van der Waals surface area contributed by atoms with E-state index in [9.17, 15) is 4.39 Å². The number of piperazine rings is 1. The maximum absolute atomic E-state index is 13.8. The first-order valence-electron chi connectivity index (χ1n) is 7.27. The third-order valence-electron chi connectivity index (χ3n) is 4.52. The van der Waals surface area contributed by atoms with Gasteiger partial charge >= 0.3 is 0 Å². The number of hydrogen-bond donors (Lipinski definition) is 1. The Morgan fingerprint density at radius 1 is 1.42 bits per heavy atom. The molecule has 1 saturated heterocycles. The van der Waals surface area contributed by atoms with Crippen LogP contribution in [0.1, 0.15) is 39.2 Å². The van der Waals surface area contributed by atoms with E-state index in [0.29, 0.717) is 6.04 Å². The summed E-state index contributed by atoms with van der Waals surface area (Å²) < 4.78 is 13.8. The lowest BCUT2D eigenvalue weighted by Gasteiger charge is -2.47. The average Bonchev–Trinajstić information content (AvgIpc) is 2.42. The minimum atomic E-state index is -0.107. The maximum atomic E-state index is 13.8. The minimum Gasteiger partial charge on any atom is -0.365 e. The van der Waals surface area contributed by atoms with Crippen LogP contribution in [-0.4, -0.2) is 24.7 Å². The molecule has 1 aliphatic heterocycles. The van der Waals surface area contributed by atoms with Crippen LogP contribution in [0.4, 0.5) is 10.1 Å². The van der Waals surface area contributed by atoms with E-state index >= 15 is 0 Å². The number of anilines is 1. The molecule has 1 aromatic rings. The van der Waals surface area contributed by atoms with Gasteiger partial charge in [-0.05, 0) is 38.8 Å². The Morgan fingerprint density at radius 3 is 2.79 bits per heavy atom. The van der Waals surface area contributed by atoms with Gasteiger partial charge in [0.1, 0.15) is 5.82 Å². The maximum Gasteiger partial charge on any atom is 0.128 e. The fourth-order valence-corrected chi connectivity index (χ4v) is 2.83. The molecule has 0 saturated carbocycles. The molecule has 0 bridgehead atoms. The van der Waals surface area contributed by atoms with E-state index in [-0.39, 0.29) is 11.4 Å². The van der Waals surface area contributed by atoms with Gasteiger partial charge in [-0.2, -0.15) is 0 Å². The molecular weight excluding hydrogens is 239 g/mol. The van der Waals surface area contributed by atoms with Gasteiger partial charge < -0.3 is 10.2 Å². The summed E-state index contributed by atoms with van der Waals surface area (Å²) in [6, 6.07) is 5.85. The van der Waals surface area contributed by atoms with E-state index in [0.717, 1.165) is 37.2 Å². The van der Waals surface area contributed by atoms with Crippen LogP contribution >= 0.6 is 0 Å². The van der Waals surface area contributed by atoms with Gasteiger partial charge in [-0.3, -0.25) is 0 Å². The lowest BCUT2D eigenvalue weighted by molar-refractivity contribution is 0.275. The van der Waals surface area contributed by atoms with E-state index < -0.39 is 0 Å². The smallest absolute Gasteiger partial charge is 0.128 e. The molecule has 2 nitrogen and oxygen atoms in total. The minimum absolute atomic E-state index is 0.107. The van der Waals surface area contributed by atoms with Crippen molar-refractivity contribution < 1.29 is 4.39 Å². The largest absolute Gasteiger partial charge is 0.365 e. The van der Waals surface area contributed by atoms with Crippen LogP contribution in [0.2, 0.25) is 0 Å². The second kappa shape index (κ2) is 5.49. The van der Waals surface area contributed by atoms with Crippen molar-refractivity contribution in [2.75, 3.05) is 18.0 Å². The van der Waals surface area contributed by atoms with Crippen molar-refractivity contribution >= 4 is 5.69 Å². The highest BCUT2D eigenvalue weighted by Crippen LogP contribution is 2.30. The van der Waals surface area contributed by atoms with Crippen LogP contribution in [0.15, 0.2) is 18.2 Å². The zero-order valence-electron chi connectivity index (χ0n) is 12.5. The molecular formula is C16H25FN2. The summed E-state index contributed by atoms with van der Waals surface area (Å²) in [4.78, 5) is 2.39. The molecule has 0 radical (unpaired) electrons. The van der Waals surface area contributed by atoms with Crippen LogP contribution in [0.3, 0.4) is 0 Å². The highest BCUT2D eigenvalue weighted by atomic mass is 19.1. The SMILES string of the molecule is CCC1CNC(C)(CC)CN1c1cccc(F)c1C. The highest BCUT2D eigenvalue weighted by Gasteiger charge is 2.34. The third-order valence-corrected chi connectivity index (χ3v) is 4.52. The fourth-order valence-electron chi connectivity index (χ4n) is 2.83. The van der Waals surface area contributed by atoms with Crippen molar-refractivity contribution in [3.63, 3.8) is 0 Å². The zero-order chi connectivity index (χ0) is 14.0. The lowest BCUT2D eigenvalue weighted by Crippen LogP contribution is -2.63. The second-order valence-corrected chi connectivity index (χ2v) is 5.87. The summed E-state index contributed by atoms with van der Waals surface area (Å²) in [7, 11) is 0. The topological polar surface area (TPSA) is 15.3 Å². The molecule has 3 heteroatoms. The van der Waals surface area contributed by atoms with Crippen LogP contribution < -0.4 is 10.2 Å². The van der Waals surface area contributed by atoms with Gasteiger partial charge in [-0.1, -0.05) is 19.9 Å². The average molecular weight is 264 g/mol. The Balaban J connectivity index is 2.35. The van der Waals surface area contributed by atoms with Gasteiger partial charge in [-0.25, -0.2) is 4.39 Å². The molecule has 0 amide bonds. The predicted molar refractivity (Wildman–Crippen MR) is 79.3 cm³/mol. The van der Waals surface area contributed by atoms with Gasteiger partial charge in [-0.15, -0.1) is 0 Å². The molecule has 2 rings (SSSR count). The first kappa shape index (κ1) is 14.3. The summed E-state index contributed by atoms with van der Waals surface area (Å²) in [6.45, 7) is 10.4. The second-order valence-electron chi connectivity index (χ2n) is 5.87. The van der Waals surface area contributed by atoms with Crippen LogP contribution in [0.5, 0.6) is 0 Å². The zero-order valence-corrected chi connectivity index (χ0v) is 12.5. The molecule has 1 heterocycles. The number of nitrogens with zero attached hydrogens (tertiary/aromatic N) is 1. The Hall–Kier alpha value is -1.09. The van der Waals surface area contributed by atoms with E-state index in [1.807, 2.05) is 19.1 Å². The summed E-state index contributed by atoms with van der Waals surface area (Å²) in [6.07, 6.45) is 2.15. The molecule has 0 aromatic heterocycles. The summed E-state index contributed by atoms with van der Waals surface area (Å²) in [5.74, 6) is -0.107. The number of rotatable bonds is 3. The van der Waals surface area contributed by atoms with Gasteiger partial charge in [0.15, 0.2) is 0 Å². The van der Waals surface area contributed by atoms with Gasteiger partial charge in [0, 0.05) is 35.9 Å². The molecule has 106 valence electrons. The van der Waals surface area contributed by atoms with E-state index in [1.54, 1.807) is 6.07 Å². The Bertz CT molecular complexity index is 446. The number of nitrogens with one attached hydrogen (secondary N) is 1. The van der Waals surface area contributed by atoms with E-state index in [1.165, 1.54) is 0 Å². The molecule has 1 aliphatic rings. The van der Waals surface area contributed by atoms with Crippen molar-refractivity contribution in [3.05, 3.63) is 29.6 Å². The molecule has 1 fully saturated rings. The number of halogens is 1. The first-order chi connectivity index (χ1) is 9.00. The van der Waals surface area contributed by atoms with Crippen molar-refractivity contribution in [3.8, 4) is 0 Å². The molecule has 2 atom stereocenters. The number of benzene rings is 1. The summed E-state index contributed by atoms with van der Waals surface area (Å²) in [5.41, 5.74) is 1.93. The van der Waals surface area contributed by atoms with Crippen LogP contribution in [0, 0.1) is 12.7 Å². The third kappa shape index (κ3) is 2.76. The Kier molecular flexibility index (Phi) is 4.14. The summed E-state index contributed by atoms with van der Waals surface area (Å²) >= 11 is 0. The molecule has 1 aromatic carbocycles. The highest BCUT2D eigenvalue weighted by molar-refractivity contribution is 5.55. The van der Waals surface area contributed by atoms with Gasteiger partial charge in [0.2, 0.25) is 0 Å². The van der Waals surface area contributed by atoms with Crippen LogP contribution in [0.25, 0.3) is 0 Å². The number of hydrogen-bond acceptors (Lipinski definition) is 2. The van der Waals surface area contributed by atoms with E-state index in [4.69, 9.17) is 0 Å². The van der Waals surface area contributed by atoms with Crippen molar-refractivity contribution in [1.29, 1.82) is 0 Å². The van der Waals surface area contributed by atoms with Crippen molar-refractivity contribution in [2.24, 2.45) is 0 Å².